The van der Waals surface area contributed by atoms with E-state index in [2.05, 4.69) is 0 Å². The highest BCUT2D eigenvalue weighted by atomic mass is 35.5. The maximum Gasteiger partial charge on any atom is 0.0551 e. The highest BCUT2D eigenvalue weighted by molar-refractivity contribution is 6.30. The fourth-order valence-corrected chi connectivity index (χ4v) is 1.69. The Hall–Kier alpha value is -1.51. The van der Waals surface area contributed by atoms with Crippen molar-refractivity contribution in [2.45, 2.75) is 6.04 Å². The number of nitrogen functional groups attached to an aromatic ring is 1. The molecule has 2 nitrogen and oxygen atoms in total. The standard InChI is InChI=1S/C13H13ClN2/c14-11-5-1-9(2-6-11)13(16)10-3-7-12(15)8-4-10/h1-8,13H,15-16H2. The van der Waals surface area contributed by atoms with Crippen molar-refractivity contribution in [3.8, 4) is 0 Å². The smallest absolute Gasteiger partial charge is 0.0551 e. The fraction of sp³-hybridized carbons (Fsp3) is 0.0769. The summed E-state index contributed by atoms with van der Waals surface area (Å²) in [5, 5.41) is 0.716. The monoisotopic (exact) mass is 232 g/mol. The third kappa shape index (κ3) is 2.35. The van der Waals surface area contributed by atoms with Crippen molar-refractivity contribution >= 4 is 17.3 Å². The summed E-state index contributed by atoms with van der Waals surface area (Å²) in [4.78, 5) is 0. The average molecular weight is 233 g/mol. The van der Waals surface area contributed by atoms with Gasteiger partial charge in [-0.05, 0) is 35.4 Å². The van der Waals surface area contributed by atoms with Crippen LogP contribution >= 0.6 is 11.6 Å². The minimum atomic E-state index is -0.141. The Kier molecular flexibility index (Phi) is 3.13. The van der Waals surface area contributed by atoms with E-state index in [0.29, 0.717) is 5.02 Å². The topological polar surface area (TPSA) is 52.0 Å². The SMILES string of the molecule is Nc1ccc(C(N)c2ccc(Cl)cc2)cc1. The largest absolute Gasteiger partial charge is 0.399 e. The summed E-state index contributed by atoms with van der Waals surface area (Å²) in [5.74, 6) is 0. The molecular weight excluding hydrogens is 220 g/mol. The highest BCUT2D eigenvalue weighted by Crippen LogP contribution is 2.21. The molecule has 0 aliphatic rings. The van der Waals surface area contributed by atoms with E-state index < -0.39 is 0 Å². The van der Waals surface area contributed by atoms with Crippen LogP contribution in [0.5, 0.6) is 0 Å². The minimum absolute atomic E-state index is 0.141. The number of rotatable bonds is 2. The van der Waals surface area contributed by atoms with E-state index in [-0.39, 0.29) is 6.04 Å². The molecule has 0 saturated heterocycles. The molecule has 0 aromatic heterocycles. The Labute approximate surface area is 99.8 Å². The van der Waals surface area contributed by atoms with Gasteiger partial charge in [-0.1, -0.05) is 35.9 Å². The number of nitrogens with two attached hydrogens (primary N) is 2. The second kappa shape index (κ2) is 4.56. The molecule has 0 bridgehead atoms. The molecule has 0 spiro atoms. The van der Waals surface area contributed by atoms with E-state index in [4.69, 9.17) is 23.1 Å². The number of benzene rings is 2. The zero-order valence-corrected chi connectivity index (χ0v) is 9.48. The molecule has 3 heteroatoms. The van der Waals surface area contributed by atoms with Crippen molar-refractivity contribution in [2.24, 2.45) is 5.73 Å². The second-order valence-corrected chi connectivity index (χ2v) is 4.13. The highest BCUT2D eigenvalue weighted by Gasteiger charge is 2.07. The van der Waals surface area contributed by atoms with Crippen LogP contribution in [0.25, 0.3) is 0 Å². The summed E-state index contributed by atoms with van der Waals surface area (Å²) in [6, 6.07) is 15.0. The number of anilines is 1. The van der Waals surface area contributed by atoms with Gasteiger partial charge >= 0.3 is 0 Å². The fourth-order valence-electron chi connectivity index (χ4n) is 1.57. The van der Waals surface area contributed by atoms with Crippen LogP contribution < -0.4 is 11.5 Å². The first-order chi connectivity index (χ1) is 7.66. The first-order valence-electron chi connectivity index (χ1n) is 5.03. The minimum Gasteiger partial charge on any atom is -0.399 e. The van der Waals surface area contributed by atoms with Gasteiger partial charge in [0.05, 0.1) is 6.04 Å². The van der Waals surface area contributed by atoms with E-state index in [1.165, 1.54) is 0 Å². The summed E-state index contributed by atoms with van der Waals surface area (Å²) in [7, 11) is 0. The molecule has 0 aliphatic heterocycles. The lowest BCUT2D eigenvalue weighted by Gasteiger charge is -2.12. The summed E-state index contributed by atoms with van der Waals surface area (Å²) in [6.07, 6.45) is 0. The molecule has 1 atom stereocenters. The number of halogens is 1. The molecule has 0 heterocycles. The van der Waals surface area contributed by atoms with Crippen LogP contribution in [0.4, 0.5) is 5.69 Å². The lowest BCUT2D eigenvalue weighted by Crippen LogP contribution is -2.11. The maximum atomic E-state index is 6.13. The van der Waals surface area contributed by atoms with E-state index in [1.54, 1.807) is 0 Å². The van der Waals surface area contributed by atoms with Crippen LogP contribution in [0.1, 0.15) is 17.2 Å². The van der Waals surface area contributed by atoms with Gasteiger partial charge < -0.3 is 11.5 Å². The van der Waals surface area contributed by atoms with E-state index in [9.17, 15) is 0 Å². The predicted molar refractivity (Wildman–Crippen MR) is 68.3 cm³/mol. The Bertz CT molecular complexity index is 417. The molecule has 82 valence electrons. The quantitative estimate of drug-likeness (QED) is 0.783. The summed E-state index contributed by atoms with van der Waals surface area (Å²) < 4.78 is 0. The molecule has 2 rings (SSSR count). The van der Waals surface area contributed by atoms with Crippen LogP contribution in [-0.2, 0) is 0 Å². The zero-order valence-electron chi connectivity index (χ0n) is 8.73. The normalized spacial score (nSPS) is 12.4. The van der Waals surface area contributed by atoms with E-state index >= 15 is 0 Å². The van der Waals surface area contributed by atoms with Gasteiger partial charge in [0.25, 0.3) is 0 Å². The summed E-state index contributed by atoms with van der Waals surface area (Å²) >= 11 is 5.83. The molecule has 0 amide bonds. The maximum absolute atomic E-state index is 6.13. The molecule has 0 fully saturated rings. The van der Waals surface area contributed by atoms with Crippen LogP contribution in [0.3, 0.4) is 0 Å². The first kappa shape index (κ1) is 11.0. The van der Waals surface area contributed by atoms with Crippen LogP contribution in [0.2, 0.25) is 5.02 Å². The number of hydrogen-bond donors (Lipinski definition) is 2. The van der Waals surface area contributed by atoms with Crippen molar-refractivity contribution < 1.29 is 0 Å². The van der Waals surface area contributed by atoms with E-state index in [0.717, 1.165) is 16.8 Å². The van der Waals surface area contributed by atoms with Crippen LogP contribution in [0, 0.1) is 0 Å². The summed E-state index contributed by atoms with van der Waals surface area (Å²) in [6.45, 7) is 0. The van der Waals surface area contributed by atoms with Gasteiger partial charge in [-0.3, -0.25) is 0 Å². The first-order valence-corrected chi connectivity index (χ1v) is 5.41. The molecule has 2 aromatic carbocycles. The van der Waals surface area contributed by atoms with Crippen molar-refractivity contribution in [3.05, 3.63) is 64.7 Å². The Morgan fingerprint density at radius 2 is 1.25 bits per heavy atom. The lowest BCUT2D eigenvalue weighted by molar-refractivity contribution is 0.872. The van der Waals surface area contributed by atoms with Gasteiger partial charge in [-0.2, -0.15) is 0 Å². The second-order valence-electron chi connectivity index (χ2n) is 3.70. The molecule has 16 heavy (non-hydrogen) atoms. The van der Waals surface area contributed by atoms with Gasteiger partial charge in [-0.25, -0.2) is 0 Å². The van der Waals surface area contributed by atoms with Gasteiger partial charge in [-0.15, -0.1) is 0 Å². The molecule has 0 aliphatic carbocycles. The predicted octanol–water partition coefficient (Wildman–Crippen LogP) is 2.97. The zero-order chi connectivity index (χ0) is 11.5. The van der Waals surface area contributed by atoms with Crippen LogP contribution in [-0.4, -0.2) is 0 Å². The lowest BCUT2D eigenvalue weighted by atomic mass is 10.00. The van der Waals surface area contributed by atoms with E-state index in [1.807, 2.05) is 48.5 Å². The molecule has 2 aromatic rings. The average Bonchev–Trinajstić information content (AvgIpc) is 2.30. The Balaban J connectivity index is 2.28. The van der Waals surface area contributed by atoms with Crippen molar-refractivity contribution in [1.82, 2.24) is 0 Å². The van der Waals surface area contributed by atoms with Gasteiger partial charge in [0.2, 0.25) is 0 Å². The van der Waals surface area contributed by atoms with Crippen molar-refractivity contribution in [2.75, 3.05) is 5.73 Å². The van der Waals surface area contributed by atoms with Gasteiger partial charge in [0.1, 0.15) is 0 Å². The van der Waals surface area contributed by atoms with Gasteiger partial charge in [0.15, 0.2) is 0 Å². The molecule has 4 N–H and O–H groups in total. The van der Waals surface area contributed by atoms with Gasteiger partial charge in [0, 0.05) is 10.7 Å². The molecule has 0 radical (unpaired) electrons. The van der Waals surface area contributed by atoms with Crippen molar-refractivity contribution in [1.29, 1.82) is 0 Å². The Morgan fingerprint density at radius 3 is 1.75 bits per heavy atom. The Morgan fingerprint density at radius 1 is 0.812 bits per heavy atom. The molecular formula is C13H13ClN2. The van der Waals surface area contributed by atoms with Crippen LogP contribution in [0.15, 0.2) is 48.5 Å². The third-order valence-electron chi connectivity index (χ3n) is 2.52. The summed E-state index contributed by atoms with van der Waals surface area (Å²) in [5.41, 5.74) is 14.6. The molecule has 0 saturated carbocycles. The number of hydrogen-bond acceptors (Lipinski definition) is 2. The third-order valence-corrected chi connectivity index (χ3v) is 2.78. The van der Waals surface area contributed by atoms with Crippen molar-refractivity contribution in [3.63, 3.8) is 0 Å². The molecule has 1 unspecified atom stereocenters.